The van der Waals surface area contributed by atoms with E-state index in [0.29, 0.717) is 16.3 Å². The van der Waals surface area contributed by atoms with E-state index in [1.54, 1.807) is 36.4 Å². The Bertz CT molecular complexity index is 804. The van der Waals surface area contributed by atoms with E-state index in [2.05, 4.69) is 10.6 Å². The second-order valence-electron chi connectivity index (χ2n) is 5.86. The van der Waals surface area contributed by atoms with E-state index in [9.17, 15) is 14.4 Å². The summed E-state index contributed by atoms with van der Waals surface area (Å²) >= 11 is 5.76. The first-order valence-corrected chi connectivity index (χ1v) is 8.90. The Labute approximate surface area is 162 Å². The zero-order valence-corrected chi connectivity index (χ0v) is 15.9. The van der Waals surface area contributed by atoms with Gasteiger partial charge in [-0.3, -0.25) is 14.4 Å². The number of benzene rings is 2. The molecular formula is C20H21ClN2O4. The summed E-state index contributed by atoms with van der Waals surface area (Å²) in [5.41, 5.74) is 2.15. The maximum absolute atomic E-state index is 12.1. The van der Waals surface area contributed by atoms with Gasteiger partial charge in [0.05, 0.1) is 0 Å². The molecule has 2 N–H and O–H groups in total. The summed E-state index contributed by atoms with van der Waals surface area (Å²) in [5.74, 6) is -1.59. The lowest BCUT2D eigenvalue weighted by molar-refractivity contribution is -0.152. The average Bonchev–Trinajstić information content (AvgIpc) is 2.67. The molecule has 27 heavy (non-hydrogen) atoms. The number of aryl methyl sites for hydroxylation is 1. The van der Waals surface area contributed by atoms with E-state index in [4.69, 9.17) is 16.3 Å². The number of carbonyl (C=O) groups excluding carboxylic acids is 3. The van der Waals surface area contributed by atoms with Gasteiger partial charge < -0.3 is 15.4 Å². The normalized spacial score (nSPS) is 11.4. The van der Waals surface area contributed by atoms with Gasteiger partial charge in [0.15, 0.2) is 6.10 Å². The molecule has 0 fully saturated rings. The third kappa shape index (κ3) is 6.42. The van der Waals surface area contributed by atoms with Gasteiger partial charge in [-0.1, -0.05) is 30.7 Å². The van der Waals surface area contributed by atoms with Crippen molar-refractivity contribution in [3.05, 3.63) is 64.7 Å². The van der Waals surface area contributed by atoms with Gasteiger partial charge in [0.25, 0.3) is 11.8 Å². The maximum Gasteiger partial charge on any atom is 0.326 e. The lowest BCUT2D eigenvalue weighted by atomic mass is 10.1. The number of hydrogen-bond acceptors (Lipinski definition) is 4. The van der Waals surface area contributed by atoms with Crippen LogP contribution in [0.15, 0.2) is 48.5 Å². The molecule has 0 radical (unpaired) electrons. The van der Waals surface area contributed by atoms with Crippen molar-refractivity contribution in [3.63, 3.8) is 0 Å². The van der Waals surface area contributed by atoms with Crippen LogP contribution in [0.3, 0.4) is 0 Å². The summed E-state index contributed by atoms with van der Waals surface area (Å²) in [6.45, 7) is 3.17. The van der Waals surface area contributed by atoms with Crippen molar-refractivity contribution in [3.8, 4) is 0 Å². The van der Waals surface area contributed by atoms with Gasteiger partial charge in [0.1, 0.15) is 6.54 Å². The largest absolute Gasteiger partial charge is 0.451 e. The number of halogens is 1. The third-order valence-corrected chi connectivity index (χ3v) is 4.06. The highest BCUT2D eigenvalue weighted by Gasteiger charge is 2.18. The Morgan fingerprint density at radius 1 is 1.04 bits per heavy atom. The highest BCUT2D eigenvalue weighted by Crippen LogP contribution is 2.11. The van der Waals surface area contributed by atoms with Crippen LogP contribution in [-0.4, -0.2) is 30.4 Å². The number of hydrogen-bond donors (Lipinski definition) is 2. The first kappa shape index (κ1) is 20.5. The Morgan fingerprint density at radius 3 is 2.26 bits per heavy atom. The zero-order valence-electron chi connectivity index (χ0n) is 15.1. The highest BCUT2D eigenvalue weighted by molar-refractivity contribution is 6.30. The lowest BCUT2D eigenvalue weighted by Crippen LogP contribution is -2.35. The minimum atomic E-state index is -0.990. The van der Waals surface area contributed by atoms with Gasteiger partial charge in [-0.15, -0.1) is 0 Å². The van der Waals surface area contributed by atoms with Crippen LogP contribution >= 0.6 is 11.6 Å². The smallest absolute Gasteiger partial charge is 0.326 e. The number of amides is 2. The third-order valence-electron chi connectivity index (χ3n) is 3.81. The zero-order chi connectivity index (χ0) is 19.8. The molecular weight excluding hydrogens is 368 g/mol. The van der Waals surface area contributed by atoms with Crippen LogP contribution in [0.25, 0.3) is 0 Å². The average molecular weight is 389 g/mol. The minimum Gasteiger partial charge on any atom is -0.451 e. The molecule has 6 nitrogen and oxygen atoms in total. The molecule has 0 unspecified atom stereocenters. The predicted octanol–water partition coefficient (Wildman–Crippen LogP) is 3.20. The first-order chi connectivity index (χ1) is 12.9. The SMILES string of the molecule is CCc1ccc(NC(=O)[C@@H](C)OC(=O)CNC(=O)c2ccc(Cl)cc2)cc1. The topological polar surface area (TPSA) is 84.5 Å². The van der Waals surface area contributed by atoms with Crippen LogP contribution < -0.4 is 10.6 Å². The van der Waals surface area contributed by atoms with Crippen molar-refractivity contribution in [2.45, 2.75) is 26.4 Å². The number of anilines is 1. The summed E-state index contributed by atoms with van der Waals surface area (Å²) in [6, 6.07) is 13.7. The summed E-state index contributed by atoms with van der Waals surface area (Å²) in [6.07, 6.45) is -0.0833. The second kappa shape index (κ2) is 9.73. The van der Waals surface area contributed by atoms with Crippen molar-refractivity contribution in [1.82, 2.24) is 5.32 Å². The fraction of sp³-hybridized carbons (Fsp3) is 0.250. The first-order valence-electron chi connectivity index (χ1n) is 8.52. The molecule has 0 bridgehead atoms. The van der Waals surface area contributed by atoms with Gasteiger partial charge in [0, 0.05) is 16.3 Å². The standard InChI is InChI=1S/C20H21ClN2O4/c1-3-14-4-10-17(11-5-14)23-19(25)13(2)27-18(24)12-22-20(26)15-6-8-16(21)9-7-15/h4-11,13H,3,12H2,1-2H3,(H,22,26)(H,23,25)/t13-/m1/s1. The Kier molecular flexibility index (Phi) is 7.37. The van der Waals surface area contributed by atoms with Crippen molar-refractivity contribution < 1.29 is 19.1 Å². The van der Waals surface area contributed by atoms with Crippen LogP contribution in [0.5, 0.6) is 0 Å². The van der Waals surface area contributed by atoms with E-state index >= 15 is 0 Å². The number of carbonyl (C=O) groups is 3. The number of rotatable bonds is 7. The summed E-state index contributed by atoms with van der Waals surface area (Å²) in [7, 11) is 0. The maximum atomic E-state index is 12.1. The van der Waals surface area contributed by atoms with Gasteiger partial charge >= 0.3 is 5.97 Å². The molecule has 0 saturated carbocycles. The molecule has 0 aliphatic carbocycles. The molecule has 2 amide bonds. The van der Waals surface area contributed by atoms with Crippen molar-refractivity contribution in [2.75, 3.05) is 11.9 Å². The number of nitrogens with one attached hydrogen (secondary N) is 2. The monoisotopic (exact) mass is 388 g/mol. The molecule has 0 aliphatic rings. The van der Waals surface area contributed by atoms with Crippen LogP contribution in [0.2, 0.25) is 5.02 Å². The van der Waals surface area contributed by atoms with Crippen LogP contribution in [-0.2, 0) is 20.7 Å². The molecule has 142 valence electrons. The Hall–Kier alpha value is -2.86. The molecule has 0 saturated heterocycles. The molecule has 7 heteroatoms. The van der Waals surface area contributed by atoms with E-state index < -0.39 is 23.9 Å². The quantitative estimate of drug-likeness (QED) is 0.713. The molecule has 0 heterocycles. The number of ether oxygens (including phenoxy) is 1. The molecule has 2 aromatic rings. The molecule has 2 aromatic carbocycles. The highest BCUT2D eigenvalue weighted by atomic mass is 35.5. The molecule has 0 aromatic heterocycles. The summed E-state index contributed by atoms with van der Waals surface area (Å²) in [4.78, 5) is 35.9. The van der Waals surface area contributed by atoms with Gasteiger partial charge in [0.2, 0.25) is 0 Å². The van der Waals surface area contributed by atoms with Gasteiger partial charge in [-0.25, -0.2) is 0 Å². The minimum absolute atomic E-state index is 0.343. The van der Waals surface area contributed by atoms with E-state index in [1.165, 1.54) is 6.92 Å². The Balaban J connectivity index is 1.78. The molecule has 1 atom stereocenters. The molecule has 2 rings (SSSR count). The second-order valence-corrected chi connectivity index (χ2v) is 6.30. The van der Waals surface area contributed by atoms with Crippen LogP contribution in [0, 0.1) is 0 Å². The van der Waals surface area contributed by atoms with Gasteiger partial charge in [-0.05, 0) is 55.3 Å². The Morgan fingerprint density at radius 2 is 1.67 bits per heavy atom. The molecule has 0 aliphatic heterocycles. The van der Waals surface area contributed by atoms with E-state index in [1.807, 2.05) is 19.1 Å². The van der Waals surface area contributed by atoms with Crippen LogP contribution in [0.4, 0.5) is 5.69 Å². The van der Waals surface area contributed by atoms with Gasteiger partial charge in [-0.2, -0.15) is 0 Å². The van der Waals surface area contributed by atoms with E-state index in [0.717, 1.165) is 12.0 Å². The predicted molar refractivity (Wildman–Crippen MR) is 104 cm³/mol. The van der Waals surface area contributed by atoms with Crippen molar-refractivity contribution >= 4 is 35.1 Å². The summed E-state index contributed by atoms with van der Waals surface area (Å²) in [5, 5.41) is 5.62. The molecule has 0 spiro atoms. The van der Waals surface area contributed by atoms with E-state index in [-0.39, 0.29) is 6.54 Å². The fourth-order valence-corrected chi connectivity index (χ4v) is 2.34. The van der Waals surface area contributed by atoms with Crippen molar-refractivity contribution in [2.24, 2.45) is 0 Å². The lowest BCUT2D eigenvalue weighted by Gasteiger charge is -2.14. The van der Waals surface area contributed by atoms with Crippen molar-refractivity contribution in [1.29, 1.82) is 0 Å². The fourth-order valence-electron chi connectivity index (χ4n) is 2.22. The summed E-state index contributed by atoms with van der Waals surface area (Å²) < 4.78 is 5.05. The van der Waals surface area contributed by atoms with Crippen LogP contribution in [0.1, 0.15) is 29.8 Å². The number of esters is 1.